The summed E-state index contributed by atoms with van der Waals surface area (Å²) in [4.78, 5) is 24.0. The zero-order valence-electron chi connectivity index (χ0n) is 12.8. The lowest BCUT2D eigenvalue weighted by Gasteiger charge is -2.06. The van der Waals surface area contributed by atoms with Crippen molar-refractivity contribution in [3.05, 3.63) is 58.1 Å². The van der Waals surface area contributed by atoms with Crippen LogP contribution in [0, 0.1) is 0 Å². The van der Waals surface area contributed by atoms with Gasteiger partial charge in [-0.2, -0.15) is 0 Å². The van der Waals surface area contributed by atoms with Gasteiger partial charge in [-0.05, 0) is 36.8 Å². The number of carbonyl (C=O) groups excluding carboxylic acids is 2. The minimum atomic E-state index is -0.440. The molecule has 0 aromatic heterocycles. The van der Waals surface area contributed by atoms with Crippen LogP contribution in [0.3, 0.4) is 0 Å². The minimum absolute atomic E-state index is 0.0293. The Labute approximate surface area is 147 Å². The summed E-state index contributed by atoms with van der Waals surface area (Å²) < 4.78 is 16.5. The summed E-state index contributed by atoms with van der Waals surface area (Å²) in [5, 5.41) is 0. The number of ether oxygens (including phenoxy) is 3. The van der Waals surface area contributed by atoms with Crippen molar-refractivity contribution in [3.8, 4) is 11.5 Å². The molecule has 1 aliphatic rings. The molecule has 2 aromatic carbocycles. The Hall–Kier alpha value is -2.34. The third-order valence-electron chi connectivity index (χ3n) is 3.56. The predicted octanol–water partition coefficient (Wildman–Crippen LogP) is 4.00. The average Bonchev–Trinajstić information content (AvgIpc) is 3.06. The average molecular weight is 391 g/mol. The lowest BCUT2D eigenvalue weighted by molar-refractivity contribution is 0.0494. The second-order valence-corrected chi connectivity index (χ2v) is 6.15. The molecule has 124 valence electrons. The van der Waals surface area contributed by atoms with E-state index in [1.807, 2.05) is 12.1 Å². The van der Waals surface area contributed by atoms with Gasteiger partial charge < -0.3 is 14.2 Å². The van der Waals surface area contributed by atoms with Gasteiger partial charge in [-0.1, -0.05) is 28.1 Å². The highest BCUT2D eigenvalue weighted by Crippen LogP contribution is 2.32. The van der Waals surface area contributed by atoms with Crippen molar-refractivity contribution in [2.45, 2.75) is 12.8 Å². The van der Waals surface area contributed by atoms with Crippen LogP contribution in [0.2, 0.25) is 0 Å². The third-order valence-corrected chi connectivity index (χ3v) is 4.08. The number of hydrogen-bond acceptors (Lipinski definition) is 5. The molecule has 2 aromatic rings. The molecule has 0 atom stereocenters. The molecule has 24 heavy (non-hydrogen) atoms. The van der Waals surface area contributed by atoms with E-state index in [9.17, 15) is 9.59 Å². The van der Waals surface area contributed by atoms with E-state index < -0.39 is 5.97 Å². The Bertz CT molecular complexity index is 755. The van der Waals surface area contributed by atoms with Crippen LogP contribution in [0.5, 0.6) is 11.5 Å². The molecule has 0 bridgehead atoms. The number of hydrogen-bond donors (Lipinski definition) is 0. The Morgan fingerprint density at radius 2 is 1.71 bits per heavy atom. The fraction of sp³-hybridized carbons (Fsp3) is 0.222. The van der Waals surface area contributed by atoms with Crippen molar-refractivity contribution in [1.29, 1.82) is 0 Å². The van der Waals surface area contributed by atoms with Gasteiger partial charge in [0.25, 0.3) is 0 Å². The normalized spacial score (nSPS) is 12.0. The largest absolute Gasteiger partial charge is 0.462 e. The van der Waals surface area contributed by atoms with Crippen molar-refractivity contribution < 1.29 is 23.8 Å². The number of benzene rings is 2. The van der Waals surface area contributed by atoms with Crippen LogP contribution in [0.25, 0.3) is 0 Å². The standard InChI is InChI=1S/C18H15BrO5/c19-14-6-3-12(4-7-14)15(20)2-1-9-22-18(21)13-5-8-16-17(10-13)24-11-23-16/h3-8,10H,1-2,9,11H2. The van der Waals surface area contributed by atoms with Crippen LogP contribution in [-0.2, 0) is 4.74 Å². The molecule has 3 rings (SSSR count). The molecule has 0 aliphatic carbocycles. The van der Waals surface area contributed by atoms with Crippen LogP contribution < -0.4 is 9.47 Å². The summed E-state index contributed by atoms with van der Waals surface area (Å²) in [6.07, 6.45) is 0.807. The molecule has 0 spiro atoms. The van der Waals surface area contributed by atoms with Crippen molar-refractivity contribution in [1.82, 2.24) is 0 Å². The van der Waals surface area contributed by atoms with E-state index in [1.54, 1.807) is 30.3 Å². The van der Waals surface area contributed by atoms with E-state index in [0.29, 0.717) is 35.5 Å². The number of fused-ring (bicyclic) bond motifs is 1. The van der Waals surface area contributed by atoms with E-state index in [2.05, 4.69) is 15.9 Å². The summed E-state index contributed by atoms with van der Waals surface area (Å²) in [5.74, 6) is 0.743. The summed E-state index contributed by atoms with van der Waals surface area (Å²) >= 11 is 3.33. The first-order chi connectivity index (χ1) is 11.6. The maximum absolute atomic E-state index is 12.0. The van der Waals surface area contributed by atoms with Crippen LogP contribution in [0.15, 0.2) is 46.9 Å². The lowest BCUT2D eigenvalue weighted by atomic mass is 10.1. The van der Waals surface area contributed by atoms with Gasteiger partial charge in [0.05, 0.1) is 12.2 Å². The van der Waals surface area contributed by atoms with Gasteiger partial charge in [0.2, 0.25) is 6.79 Å². The lowest BCUT2D eigenvalue weighted by Crippen LogP contribution is -2.08. The molecule has 0 saturated heterocycles. The van der Waals surface area contributed by atoms with Gasteiger partial charge >= 0.3 is 5.97 Å². The van der Waals surface area contributed by atoms with Crippen LogP contribution >= 0.6 is 15.9 Å². The van der Waals surface area contributed by atoms with Crippen LogP contribution in [0.1, 0.15) is 33.6 Å². The highest BCUT2D eigenvalue weighted by molar-refractivity contribution is 9.10. The van der Waals surface area contributed by atoms with Gasteiger partial charge in [-0.3, -0.25) is 4.79 Å². The minimum Gasteiger partial charge on any atom is -0.462 e. The number of Topliss-reactive ketones (excluding diaryl/α,β-unsaturated/α-hetero) is 1. The second kappa shape index (κ2) is 7.49. The van der Waals surface area contributed by atoms with Crippen LogP contribution in [-0.4, -0.2) is 25.2 Å². The molecule has 0 unspecified atom stereocenters. The highest BCUT2D eigenvalue weighted by atomic mass is 79.9. The fourth-order valence-corrected chi connectivity index (χ4v) is 2.55. The zero-order chi connectivity index (χ0) is 16.9. The van der Waals surface area contributed by atoms with E-state index in [1.165, 1.54) is 0 Å². The number of esters is 1. The van der Waals surface area contributed by atoms with Gasteiger partial charge in [-0.15, -0.1) is 0 Å². The van der Waals surface area contributed by atoms with Gasteiger partial charge in [0.15, 0.2) is 17.3 Å². The number of ketones is 1. The molecular formula is C18H15BrO5. The fourth-order valence-electron chi connectivity index (χ4n) is 2.28. The molecule has 0 N–H and O–H groups in total. The quantitative estimate of drug-likeness (QED) is 0.423. The highest BCUT2D eigenvalue weighted by Gasteiger charge is 2.17. The van der Waals surface area contributed by atoms with Gasteiger partial charge in [0.1, 0.15) is 0 Å². The first-order valence-corrected chi connectivity index (χ1v) is 8.28. The van der Waals surface area contributed by atoms with Gasteiger partial charge in [-0.25, -0.2) is 4.79 Å². The molecular weight excluding hydrogens is 376 g/mol. The van der Waals surface area contributed by atoms with Crippen molar-refractivity contribution in [2.75, 3.05) is 13.4 Å². The molecule has 0 amide bonds. The Morgan fingerprint density at radius 3 is 2.50 bits per heavy atom. The second-order valence-electron chi connectivity index (χ2n) is 5.24. The number of halogens is 1. The molecule has 0 radical (unpaired) electrons. The smallest absolute Gasteiger partial charge is 0.338 e. The topological polar surface area (TPSA) is 61.8 Å². The summed E-state index contributed by atoms with van der Waals surface area (Å²) in [6, 6.07) is 12.1. The van der Waals surface area contributed by atoms with E-state index in [-0.39, 0.29) is 19.2 Å². The van der Waals surface area contributed by atoms with Crippen LogP contribution in [0.4, 0.5) is 0 Å². The maximum atomic E-state index is 12.0. The first kappa shape index (κ1) is 16.5. The molecule has 1 aliphatic heterocycles. The molecule has 1 heterocycles. The summed E-state index contributed by atoms with van der Waals surface area (Å²) in [5.41, 5.74) is 1.05. The number of carbonyl (C=O) groups is 2. The molecule has 6 heteroatoms. The van der Waals surface area contributed by atoms with Crippen molar-refractivity contribution in [3.63, 3.8) is 0 Å². The Kier molecular flexibility index (Phi) is 5.15. The molecule has 0 fully saturated rings. The SMILES string of the molecule is O=C(CCCOC(=O)c1ccc2c(c1)OCO2)c1ccc(Br)cc1. The summed E-state index contributed by atoms with van der Waals surface area (Å²) in [6.45, 7) is 0.349. The van der Waals surface area contributed by atoms with Crippen molar-refractivity contribution in [2.24, 2.45) is 0 Å². The van der Waals surface area contributed by atoms with E-state index >= 15 is 0 Å². The first-order valence-electron chi connectivity index (χ1n) is 7.49. The maximum Gasteiger partial charge on any atom is 0.338 e. The van der Waals surface area contributed by atoms with E-state index in [0.717, 1.165) is 4.47 Å². The zero-order valence-corrected chi connectivity index (χ0v) is 14.4. The van der Waals surface area contributed by atoms with E-state index in [4.69, 9.17) is 14.2 Å². The Morgan fingerprint density at radius 1 is 1.00 bits per heavy atom. The monoisotopic (exact) mass is 390 g/mol. The predicted molar refractivity (Wildman–Crippen MR) is 90.6 cm³/mol. The van der Waals surface area contributed by atoms with Crippen molar-refractivity contribution >= 4 is 27.7 Å². The van der Waals surface area contributed by atoms with Gasteiger partial charge in [0, 0.05) is 16.5 Å². The molecule has 5 nitrogen and oxygen atoms in total. The Balaban J connectivity index is 1.45. The third kappa shape index (κ3) is 3.94. The summed E-state index contributed by atoms with van der Waals surface area (Å²) in [7, 11) is 0. The molecule has 0 saturated carbocycles. The number of rotatable bonds is 6.